The minimum atomic E-state index is -0.879. The van der Waals surface area contributed by atoms with Crippen LogP contribution in [0.3, 0.4) is 0 Å². The maximum Gasteiger partial charge on any atom is 0.220 e. The van der Waals surface area contributed by atoms with Gasteiger partial charge in [0.2, 0.25) is 5.91 Å². The van der Waals surface area contributed by atoms with Gasteiger partial charge in [-0.05, 0) is 109 Å². The summed E-state index contributed by atoms with van der Waals surface area (Å²) in [5.74, 6) is -0.0944. The number of aliphatic hydroxyl groups excluding tert-OH is 2. The number of rotatable bonds is 48. The van der Waals surface area contributed by atoms with Crippen LogP contribution in [0.2, 0.25) is 0 Å². The molecule has 67 heavy (non-hydrogen) atoms. The van der Waals surface area contributed by atoms with Crippen LogP contribution >= 0.6 is 0 Å². The van der Waals surface area contributed by atoms with E-state index in [0.29, 0.717) is 6.42 Å². The van der Waals surface area contributed by atoms with Crippen LogP contribution in [0, 0.1) is 0 Å². The molecule has 0 heterocycles. The standard InChI is InChI=1S/C63H103NO3/c1-3-5-7-9-11-13-15-17-19-21-23-24-25-26-27-28-29-30-31-32-33-34-35-36-37-38-39-40-41-43-45-47-49-51-53-55-57-59-63(67)64-61(60-65)62(66)58-56-54-52-50-48-46-44-42-22-20-18-16-14-12-10-8-6-4-2/h5,7,11,13,17,19,23-24,26-27,29-30,32-33,35-36,38-39,41,43,48,50,56,58,61-62,65-66H,3-4,6,8-10,12,14-16,18,20-22,25,28,31,34,37,40,42,44-47,49,51-55,57,59-60H2,1-2H3,(H,64,67)/b7-5-,13-11-,19-17-,24-23-,27-26-,30-29-,33-32-,36-35-,39-38-,43-41-,50-48+,58-56+. The number of allylic oxidation sites excluding steroid dienone is 23. The van der Waals surface area contributed by atoms with E-state index in [4.69, 9.17) is 0 Å². The largest absolute Gasteiger partial charge is 0.394 e. The Balaban J connectivity index is 3.70. The Kier molecular flexibility index (Phi) is 53.4. The molecule has 0 saturated heterocycles. The molecule has 3 N–H and O–H groups in total. The maximum absolute atomic E-state index is 12.5. The van der Waals surface area contributed by atoms with E-state index in [0.717, 1.165) is 109 Å². The van der Waals surface area contributed by atoms with Gasteiger partial charge in [0.05, 0.1) is 18.8 Å². The topological polar surface area (TPSA) is 69.6 Å². The minimum absolute atomic E-state index is 0.0944. The molecule has 0 aromatic carbocycles. The molecule has 2 atom stereocenters. The molecule has 0 aliphatic carbocycles. The van der Waals surface area contributed by atoms with Gasteiger partial charge in [0, 0.05) is 6.42 Å². The van der Waals surface area contributed by atoms with Gasteiger partial charge in [-0.3, -0.25) is 4.79 Å². The van der Waals surface area contributed by atoms with Crippen molar-refractivity contribution < 1.29 is 15.0 Å². The fourth-order valence-electron chi connectivity index (χ4n) is 7.40. The fourth-order valence-corrected chi connectivity index (χ4v) is 7.40. The van der Waals surface area contributed by atoms with Crippen LogP contribution in [0.15, 0.2) is 146 Å². The first-order valence-electron chi connectivity index (χ1n) is 27.5. The van der Waals surface area contributed by atoms with Crippen LogP contribution < -0.4 is 5.32 Å². The van der Waals surface area contributed by atoms with Crippen LogP contribution in [0.25, 0.3) is 0 Å². The van der Waals surface area contributed by atoms with E-state index in [1.54, 1.807) is 6.08 Å². The molecule has 0 radical (unpaired) electrons. The van der Waals surface area contributed by atoms with Crippen molar-refractivity contribution in [1.82, 2.24) is 5.32 Å². The van der Waals surface area contributed by atoms with Gasteiger partial charge in [-0.25, -0.2) is 0 Å². The van der Waals surface area contributed by atoms with E-state index in [9.17, 15) is 15.0 Å². The lowest BCUT2D eigenvalue weighted by Gasteiger charge is -2.19. The predicted molar refractivity (Wildman–Crippen MR) is 298 cm³/mol. The third kappa shape index (κ3) is 53.1. The monoisotopic (exact) mass is 922 g/mol. The number of unbranched alkanes of at least 4 members (excludes halogenated alkanes) is 19. The lowest BCUT2D eigenvalue weighted by Crippen LogP contribution is -2.45. The van der Waals surface area contributed by atoms with Gasteiger partial charge < -0.3 is 15.5 Å². The highest BCUT2D eigenvalue weighted by Crippen LogP contribution is 2.13. The van der Waals surface area contributed by atoms with Crippen molar-refractivity contribution in [2.24, 2.45) is 0 Å². The molecule has 0 aliphatic rings. The Morgan fingerprint density at radius 3 is 1.04 bits per heavy atom. The summed E-state index contributed by atoms with van der Waals surface area (Å²) in [4.78, 5) is 12.5. The quantitative estimate of drug-likeness (QED) is 0.0421. The fraction of sp³-hybridized carbons (Fsp3) is 0.603. The highest BCUT2D eigenvalue weighted by molar-refractivity contribution is 5.76. The second-order valence-electron chi connectivity index (χ2n) is 17.9. The second kappa shape index (κ2) is 56.6. The zero-order valence-corrected chi connectivity index (χ0v) is 43.4. The van der Waals surface area contributed by atoms with Crippen molar-refractivity contribution in [2.75, 3.05) is 6.61 Å². The Hall–Kier alpha value is -3.73. The molecule has 4 nitrogen and oxygen atoms in total. The number of carbonyl (C=O) groups excluding carboxylic acids is 1. The van der Waals surface area contributed by atoms with Gasteiger partial charge in [-0.15, -0.1) is 0 Å². The van der Waals surface area contributed by atoms with Gasteiger partial charge in [0.15, 0.2) is 0 Å². The summed E-state index contributed by atoms with van der Waals surface area (Å²) >= 11 is 0. The average molecular weight is 923 g/mol. The molecular weight excluding hydrogens is 819 g/mol. The van der Waals surface area contributed by atoms with Gasteiger partial charge in [-0.2, -0.15) is 0 Å². The number of hydrogen-bond donors (Lipinski definition) is 3. The van der Waals surface area contributed by atoms with E-state index < -0.39 is 12.1 Å². The number of hydrogen-bond acceptors (Lipinski definition) is 3. The third-order valence-electron chi connectivity index (χ3n) is 11.6. The molecule has 0 spiro atoms. The summed E-state index contributed by atoms with van der Waals surface area (Å²) in [7, 11) is 0. The molecular formula is C63H103NO3. The molecule has 0 bridgehead atoms. The molecule has 0 rings (SSSR count). The molecule has 0 aliphatic heterocycles. The van der Waals surface area contributed by atoms with Crippen molar-refractivity contribution in [1.29, 1.82) is 0 Å². The van der Waals surface area contributed by atoms with Crippen molar-refractivity contribution in [3.05, 3.63) is 146 Å². The van der Waals surface area contributed by atoms with Gasteiger partial charge >= 0.3 is 0 Å². The van der Waals surface area contributed by atoms with Crippen LogP contribution in [0.5, 0.6) is 0 Å². The summed E-state index contributed by atoms with van der Waals surface area (Å²) in [6, 6.07) is -0.658. The highest BCUT2D eigenvalue weighted by Gasteiger charge is 2.17. The molecule has 0 aromatic rings. The SMILES string of the molecule is CC/C=C\C/C=C\C/C=C\C/C=C\C/C=C\C/C=C\C/C=C\C/C=C\C/C=C\C/C=C\CCCCCCCCC(=O)NC(CO)C(O)/C=C/CC/C=C/CCCCCCCCCCCCCC. The zero-order valence-electron chi connectivity index (χ0n) is 43.4. The highest BCUT2D eigenvalue weighted by atomic mass is 16.3. The Morgan fingerprint density at radius 1 is 0.373 bits per heavy atom. The molecule has 0 fully saturated rings. The normalized spacial score (nSPS) is 14.0. The van der Waals surface area contributed by atoms with Gasteiger partial charge in [0.1, 0.15) is 0 Å². The van der Waals surface area contributed by atoms with E-state index in [-0.39, 0.29) is 12.5 Å². The molecule has 0 aromatic heterocycles. The Labute approximate surface area is 414 Å². The lowest BCUT2D eigenvalue weighted by molar-refractivity contribution is -0.123. The van der Waals surface area contributed by atoms with Crippen molar-refractivity contribution in [3.8, 4) is 0 Å². The maximum atomic E-state index is 12.5. The summed E-state index contributed by atoms with van der Waals surface area (Å²) in [5.41, 5.74) is 0. The summed E-state index contributed by atoms with van der Waals surface area (Å²) < 4.78 is 0. The molecule has 1 amide bonds. The number of carbonyl (C=O) groups is 1. The second-order valence-corrected chi connectivity index (χ2v) is 17.9. The minimum Gasteiger partial charge on any atom is -0.394 e. The summed E-state index contributed by atoms with van der Waals surface area (Å²) in [5, 5.41) is 23.1. The lowest BCUT2D eigenvalue weighted by atomic mass is 10.0. The van der Waals surface area contributed by atoms with Crippen molar-refractivity contribution in [2.45, 2.75) is 238 Å². The molecule has 2 unspecified atom stereocenters. The number of nitrogens with one attached hydrogen (secondary N) is 1. The first-order chi connectivity index (χ1) is 33.2. The smallest absolute Gasteiger partial charge is 0.220 e. The number of amides is 1. The third-order valence-corrected chi connectivity index (χ3v) is 11.6. The van der Waals surface area contributed by atoms with Gasteiger partial charge in [-0.1, -0.05) is 256 Å². The molecule has 378 valence electrons. The van der Waals surface area contributed by atoms with E-state index >= 15 is 0 Å². The van der Waals surface area contributed by atoms with E-state index in [1.165, 1.54) is 96.3 Å². The molecule has 4 heteroatoms. The summed E-state index contributed by atoms with van der Waals surface area (Å²) in [6.07, 6.45) is 89.9. The average Bonchev–Trinajstić information content (AvgIpc) is 3.33. The summed E-state index contributed by atoms with van der Waals surface area (Å²) in [6.45, 7) is 4.17. The first-order valence-corrected chi connectivity index (χ1v) is 27.5. The van der Waals surface area contributed by atoms with E-state index in [2.05, 4.69) is 153 Å². The Morgan fingerprint density at radius 2 is 0.672 bits per heavy atom. The van der Waals surface area contributed by atoms with Crippen LogP contribution in [0.1, 0.15) is 226 Å². The zero-order chi connectivity index (χ0) is 48.5. The molecule has 0 saturated carbocycles. The van der Waals surface area contributed by atoms with Crippen molar-refractivity contribution in [3.63, 3.8) is 0 Å². The van der Waals surface area contributed by atoms with Crippen molar-refractivity contribution >= 4 is 5.91 Å². The number of aliphatic hydroxyl groups is 2. The predicted octanol–water partition coefficient (Wildman–Crippen LogP) is 18.4. The Bertz CT molecular complexity index is 1420. The first kappa shape index (κ1) is 63.3. The van der Waals surface area contributed by atoms with Crippen LogP contribution in [-0.4, -0.2) is 34.9 Å². The van der Waals surface area contributed by atoms with Crippen LogP contribution in [-0.2, 0) is 4.79 Å². The van der Waals surface area contributed by atoms with E-state index in [1.807, 2.05) is 6.08 Å². The van der Waals surface area contributed by atoms with Gasteiger partial charge in [0.25, 0.3) is 0 Å². The van der Waals surface area contributed by atoms with Crippen LogP contribution in [0.4, 0.5) is 0 Å².